The summed E-state index contributed by atoms with van der Waals surface area (Å²) >= 11 is 6.19. The van der Waals surface area contributed by atoms with E-state index in [-0.39, 0.29) is 35.5 Å². The van der Waals surface area contributed by atoms with Gasteiger partial charge in [-0.2, -0.15) is 0 Å². The maximum absolute atomic E-state index is 12.2. The fraction of sp³-hybridized carbons (Fsp3) is 0.300. The van der Waals surface area contributed by atoms with Crippen molar-refractivity contribution in [3.8, 4) is 11.5 Å². The molecule has 2 rings (SSSR count). The van der Waals surface area contributed by atoms with Crippen LogP contribution in [0.4, 0.5) is 5.69 Å². The van der Waals surface area contributed by atoms with E-state index in [0.717, 1.165) is 11.1 Å². The van der Waals surface area contributed by atoms with E-state index in [1.165, 1.54) is 19.2 Å². The minimum absolute atomic E-state index is 0.178. The van der Waals surface area contributed by atoms with Crippen LogP contribution in [0.3, 0.4) is 0 Å². The number of hydrogen-bond donors (Lipinski definition) is 1. The second-order valence-corrected chi connectivity index (χ2v) is 6.19. The van der Waals surface area contributed by atoms with Gasteiger partial charge in [-0.05, 0) is 44.0 Å². The second kappa shape index (κ2) is 9.28. The predicted molar refractivity (Wildman–Crippen MR) is 104 cm³/mol. The van der Waals surface area contributed by atoms with E-state index in [1.807, 2.05) is 26.0 Å². The molecule has 2 aromatic rings. The number of benzene rings is 2. The molecule has 0 saturated carbocycles. The van der Waals surface area contributed by atoms with Gasteiger partial charge in [0.25, 0.3) is 5.91 Å². The molecule has 0 aliphatic rings. The van der Waals surface area contributed by atoms with Gasteiger partial charge >= 0.3 is 5.97 Å². The molecule has 1 amide bonds. The van der Waals surface area contributed by atoms with E-state index in [2.05, 4.69) is 5.32 Å². The molecule has 0 radical (unpaired) electrons. The average Bonchev–Trinajstić information content (AvgIpc) is 2.64. The number of hydrogen-bond acceptors (Lipinski definition) is 5. The van der Waals surface area contributed by atoms with Crippen LogP contribution in [-0.2, 0) is 9.53 Å². The van der Waals surface area contributed by atoms with Gasteiger partial charge < -0.3 is 19.5 Å². The lowest BCUT2D eigenvalue weighted by molar-refractivity contribution is -0.118. The highest BCUT2D eigenvalue weighted by Gasteiger charge is 2.18. The van der Waals surface area contributed by atoms with Crippen LogP contribution >= 0.6 is 11.6 Å². The van der Waals surface area contributed by atoms with Crippen molar-refractivity contribution in [3.05, 3.63) is 52.0 Å². The maximum atomic E-state index is 12.2. The molecule has 1 N–H and O–H groups in total. The molecular weight excluding hydrogens is 370 g/mol. The lowest BCUT2D eigenvalue weighted by Gasteiger charge is -2.14. The Hall–Kier alpha value is -2.73. The molecule has 0 aromatic heterocycles. The number of esters is 1. The Kier molecular flexibility index (Phi) is 7.07. The number of carbonyl (C=O) groups is 2. The molecule has 0 bridgehead atoms. The SMILES string of the molecule is CCOC(=O)c1cc(Cl)c(NC(=O)COc2cccc(C)c2C)cc1OC. The normalized spacial score (nSPS) is 10.3. The summed E-state index contributed by atoms with van der Waals surface area (Å²) in [7, 11) is 1.42. The molecule has 0 unspecified atom stereocenters. The standard InChI is InChI=1S/C20H22ClNO5/c1-5-26-20(24)14-9-15(21)16(10-18(14)25-4)22-19(23)11-27-17-8-6-7-12(2)13(17)3/h6-10H,5,11H2,1-4H3,(H,22,23). The highest BCUT2D eigenvalue weighted by Crippen LogP contribution is 2.31. The molecule has 0 aliphatic carbocycles. The van der Waals surface area contributed by atoms with Crippen LogP contribution < -0.4 is 14.8 Å². The van der Waals surface area contributed by atoms with Gasteiger partial charge in [-0.15, -0.1) is 0 Å². The van der Waals surface area contributed by atoms with Crippen LogP contribution in [0.2, 0.25) is 5.02 Å². The first-order valence-corrected chi connectivity index (χ1v) is 8.78. The molecular formula is C20H22ClNO5. The van der Waals surface area contributed by atoms with Crippen LogP contribution in [0.5, 0.6) is 11.5 Å². The van der Waals surface area contributed by atoms with Crippen LogP contribution in [0.25, 0.3) is 0 Å². The number of ether oxygens (including phenoxy) is 3. The summed E-state index contributed by atoms with van der Waals surface area (Å²) in [4.78, 5) is 24.2. The predicted octanol–water partition coefficient (Wildman–Crippen LogP) is 4.16. The molecule has 0 heterocycles. The third-order valence-electron chi connectivity index (χ3n) is 3.97. The van der Waals surface area contributed by atoms with E-state index >= 15 is 0 Å². The Morgan fingerprint density at radius 2 is 1.89 bits per heavy atom. The first kappa shape index (κ1) is 20.6. The Morgan fingerprint density at radius 3 is 2.56 bits per heavy atom. The first-order chi connectivity index (χ1) is 12.9. The van der Waals surface area contributed by atoms with Crippen molar-refractivity contribution in [2.75, 3.05) is 25.6 Å². The third kappa shape index (κ3) is 5.14. The van der Waals surface area contributed by atoms with Crippen molar-refractivity contribution >= 4 is 29.2 Å². The van der Waals surface area contributed by atoms with Crippen molar-refractivity contribution in [2.45, 2.75) is 20.8 Å². The summed E-state index contributed by atoms with van der Waals surface area (Å²) in [6, 6.07) is 8.52. The summed E-state index contributed by atoms with van der Waals surface area (Å²) in [5.74, 6) is -0.0359. The number of methoxy groups -OCH3 is 1. The molecule has 7 heteroatoms. The molecule has 0 aliphatic heterocycles. The Morgan fingerprint density at radius 1 is 1.15 bits per heavy atom. The van der Waals surface area contributed by atoms with Crippen molar-refractivity contribution < 1.29 is 23.8 Å². The number of carbonyl (C=O) groups excluding carboxylic acids is 2. The third-order valence-corrected chi connectivity index (χ3v) is 4.29. The van der Waals surface area contributed by atoms with Gasteiger partial charge in [0.2, 0.25) is 0 Å². The van der Waals surface area contributed by atoms with Gasteiger partial charge in [0.05, 0.1) is 24.4 Å². The number of amides is 1. The zero-order chi connectivity index (χ0) is 20.0. The number of anilines is 1. The fourth-order valence-electron chi connectivity index (χ4n) is 2.40. The van der Waals surface area contributed by atoms with Gasteiger partial charge in [0, 0.05) is 6.07 Å². The minimum Gasteiger partial charge on any atom is -0.496 e. The molecule has 0 saturated heterocycles. The van der Waals surface area contributed by atoms with Crippen molar-refractivity contribution in [1.29, 1.82) is 0 Å². The van der Waals surface area contributed by atoms with E-state index < -0.39 is 5.97 Å². The molecule has 144 valence electrons. The van der Waals surface area contributed by atoms with Gasteiger partial charge in [0.1, 0.15) is 17.1 Å². The number of nitrogens with one attached hydrogen (secondary N) is 1. The van der Waals surface area contributed by atoms with Gasteiger partial charge in [-0.1, -0.05) is 23.7 Å². The molecule has 0 fully saturated rings. The Labute approximate surface area is 163 Å². The first-order valence-electron chi connectivity index (χ1n) is 8.40. The van der Waals surface area contributed by atoms with Crippen LogP contribution in [0.15, 0.2) is 30.3 Å². The van der Waals surface area contributed by atoms with E-state index in [0.29, 0.717) is 11.4 Å². The topological polar surface area (TPSA) is 73.9 Å². The zero-order valence-corrected chi connectivity index (χ0v) is 16.5. The summed E-state index contributed by atoms with van der Waals surface area (Å²) in [5, 5.41) is 2.85. The highest BCUT2D eigenvalue weighted by atomic mass is 35.5. The Bertz CT molecular complexity index is 851. The lowest BCUT2D eigenvalue weighted by Crippen LogP contribution is -2.21. The summed E-state index contributed by atoms with van der Waals surface area (Å²) < 4.78 is 15.8. The number of aryl methyl sites for hydroxylation is 1. The molecule has 0 atom stereocenters. The fourth-order valence-corrected chi connectivity index (χ4v) is 2.61. The monoisotopic (exact) mass is 391 g/mol. The van der Waals surface area contributed by atoms with Gasteiger partial charge in [0.15, 0.2) is 6.61 Å². The van der Waals surface area contributed by atoms with Crippen LogP contribution in [-0.4, -0.2) is 32.2 Å². The summed E-state index contributed by atoms with van der Waals surface area (Å²) in [5.41, 5.74) is 2.56. The molecule has 27 heavy (non-hydrogen) atoms. The average molecular weight is 392 g/mol. The quantitative estimate of drug-likeness (QED) is 0.717. The van der Waals surface area contributed by atoms with Crippen molar-refractivity contribution in [3.63, 3.8) is 0 Å². The van der Waals surface area contributed by atoms with Crippen molar-refractivity contribution in [1.82, 2.24) is 0 Å². The summed E-state index contributed by atoms with van der Waals surface area (Å²) in [6.45, 7) is 5.66. The molecule has 6 nitrogen and oxygen atoms in total. The summed E-state index contributed by atoms with van der Waals surface area (Å²) in [6.07, 6.45) is 0. The largest absolute Gasteiger partial charge is 0.496 e. The molecule has 0 spiro atoms. The second-order valence-electron chi connectivity index (χ2n) is 5.79. The van der Waals surface area contributed by atoms with E-state index in [1.54, 1.807) is 13.0 Å². The van der Waals surface area contributed by atoms with Gasteiger partial charge in [-0.3, -0.25) is 4.79 Å². The van der Waals surface area contributed by atoms with Crippen molar-refractivity contribution in [2.24, 2.45) is 0 Å². The maximum Gasteiger partial charge on any atom is 0.341 e. The highest BCUT2D eigenvalue weighted by molar-refractivity contribution is 6.34. The lowest BCUT2D eigenvalue weighted by atomic mass is 10.1. The molecule has 2 aromatic carbocycles. The minimum atomic E-state index is -0.549. The van der Waals surface area contributed by atoms with Crippen LogP contribution in [0, 0.1) is 13.8 Å². The number of rotatable bonds is 7. The van der Waals surface area contributed by atoms with E-state index in [9.17, 15) is 9.59 Å². The Balaban J connectivity index is 2.11. The number of halogens is 1. The van der Waals surface area contributed by atoms with E-state index in [4.69, 9.17) is 25.8 Å². The smallest absolute Gasteiger partial charge is 0.341 e. The zero-order valence-electron chi connectivity index (χ0n) is 15.7. The van der Waals surface area contributed by atoms with Crippen LogP contribution in [0.1, 0.15) is 28.4 Å². The van der Waals surface area contributed by atoms with Gasteiger partial charge in [-0.25, -0.2) is 4.79 Å².